The highest BCUT2D eigenvalue weighted by Gasteiger charge is 2.30. The second-order valence-electron chi connectivity index (χ2n) is 4.67. The number of rotatable bonds is 6. The summed E-state index contributed by atoms with van der Waals surface area (Å²) in [5, 5.41) is 1.18. The molecule has 1 aliphatic rings. The third kappa shape index (κ3) is 4.69. The van der Waals surface area contributed by atoms with Gasteiger partial charge in [0, 0.05) is 5.33 Å². The van der Waals surface area contributed by atoms with Gasteiger partial charge in [0.25, 0.3) is 0 Å². The highest BCUT2D eigenvalue weighted by Crippen LogP contribution is 2.34. The summed E-state index contributed by atoms with van der Waals surface area (Å²) < 4.78 is 0. The Morgan fingerprint density at radius 1 is 1.20 bits per heavy atom. The Balaban J connectivity index is 2.52. The largest absolute Gasteiger partial charge is 0.103 e. The summed E-state index contributed by atoms with van der Waals surface area (Å²) in [4.78, 5) is 0. The molecule has 0 aromatic carbocycles. The Morgan fingerprint density at radius 3 is 2.40 bits per heavy atom. The number of hydrogen-bond acceptors (Lipinski definition) is 0. The van der Waals surface area contributed by atoms with E-state index in [9.17, 15) is 0 Å². The van der Waals surface area contributed by atoms with Crippen LogP contribution in [0.5, 0.6) is 0 Å². The molecule has 0 nitrogen and oxygen atoms in total. The van der Waals surface area contributed by atoms with Crippen molar-refractivity contribution < 1.29 is 0 Å². The average Bonchev–Trinajstić information content (AvgIpc) is 2.50. The zero-order chi connectivity index (χ0) is 11.0. The molecule has 0 aromatic rings. The van der Waals surface area contributed by atoms with Crippen molar-refractivity contribution in [1.29, 1.82) is 0 Å². The number of hydrogen-bond donors (Lipinski definition) is 0. The van der Waals surface area contributed by atoms with E-state index in [-0.39, 0.29) is 0 Å². The molecule has 0 saturated carbocycles. The van der Waals surface area contributed by atoms with E-state index in [1.165, 1.54) is 55.2 Å². The summed E-state index contributed by atoms with van der Waals surface area (Å²) in [6.45, 7) is 3.88. The fraction of sp³-hybridized carbons (Fsp3) is 0.692. The first-order valence-corrected chi connectivity index (χ1v) is 10.1. The van der Waals surface area contributed by atoms with Crippen molar-refractivity contribution in [2.24, 2.45) is 0 Å². The minimum absolute atomic E-state index is 0.939. The maximum absolute atomic E-state index is 3.88. The van der Waals surface area contributed by atoms with E-state index < -0.39 is 8.07 Å². The van der Waals surface area contributed by atoms with Gasteiger partial charge in [-0.05, 0) is 25.7 Å². The van der Waals surface area contributed by atoms with Crippen LogP contribution in [-0.4, -0.2) is 13.4 Å². The van der Waals surface area contributed by atoms with Gasteiger partial charge in [-0.3, -0.25) is 0 Å². The number of alkyl halides is 1. The Bertz CT molecular complexity index is 201. The lowest BCUT2D eigenvalue weighted by molar-refractivity contribution is 0.957. The normalized spacial score (nSPS) is 19.8. The smallest absolute Gasteiger partial charge is 0.0545 e. The fourth-order valence-corrected chi connectivity index (χ4v) is 8.21. The minimum Gasteiger partial charge on any atom is -0.103 e. The van der Waals surface area contributed by atoms with Crippen LogP contribution in [0.4, 0.5) is 0 Å². The molecule has 15 heavy (non-hydrogen) atoms. The molecule has 0 aliphatic carbocycles. The first-order valence-electron chi connectivity index (χ1n) is 6.15. The second kappa shape index (κ2) is 7.45. The van der Waals surface area contributed by atoms with Crippen LogP contribution < -0.4 is 0 Å². The minimum atomic E-state index is -0.939. The van der Waals surface area contributed by atoms with Gasteiger partial charge in [-0.2, -0.15) is 0 Å². The first-order chi connectivity index (χ1) is 7.33. The molecule has 0 unspecified atom stereocenters. The van der Waals surface area contributed by atoms with Crippen molar-refractivity contribution in [1.82, 2.24) is 0 Å². The van der Waals surface area contributed by atoms with Crippen LogP contribution in [-0.2, 0) is 0 Å². The van der Waals surface area contributed by atoms with Gasteiger partial charge >= 0.3 is 0 Å². The average molecular weight is 287 g/mol. The van der Waals surface area contributed by atoms with Crippen LogP contribution in [0.25, 0.3) is 0 Å². The van der Waals surface area contributed by atoms with Gasteiger partial charge in [0.1, 0.15) is 0 Å². The fourth-order valence-electron chi connectivity index (χ4n) is 2.61. The molecule has 0 atom stereocenters. The molecule has 1 aliphatic heterocycles. The molecule has 1 heterocycles. The molecule has 86 valence electrons. The van der Waals surface area contributed by atoms with Crippen LogP contribution in [0.3, 0.4) is 0 Å². The van der Waals surface area contributed by atoms with Gasteiger partial charge in [0.2, 0.25) is 0 Å². The topological polar surface area (TPSA) is 0 Å². The van der Waals surface area contributed by atoms with E-state index in [0.29, 0.717) is 0 Å². The molecule has 0 radical (unpaired) electrons. The maximum atomic E-state index is 3.88. The van der Waals surface area contributed by atoms with Crippen LogP contribution in [0.1, 0.15) is 25.7 Å². The Kier molecular flexibility index (Phi) is 6.58. The standard InChI is InChI=1S/C13H23BrSi/c1-2-3-10-15(13-8-9-14)11-6-4-5-7-12-15/h2,4-5H,1,3,6-13H2. The van der Waals surface area contributed by atoms with Crippen LogP contribution in [0.2, 0.25) is 24.2 Å². The predicted molar refractivity (Wildman–Crippen MR) is 76.6 cm³/mol. The van der Waals surface area contributed by atoms with Gasteiger partial charge in [-0.25, -0.2) is 0 Å². The summed E-state index contributed by atoms with van der Waals surface area (Å²) in [6, 6.07) is 6.04. The molecule has 0 bridgehead atoms. The van der Waals surface area contributed by atoms with Gasteiger partial charge in [0.15, 0.2) is 0 Å². The van der Waals surface area contributed by atoms with E-state index in [1.807, 2.05) is 0 Å². The molecule has 1 rings (SSSR count). The van der Waals surface area contributed by atoms with E-state index in [2.05, 4.69) is 40.7 Å². The van der Waals surface area contributed by atoms with E-state index in [1.54, 1.807) is 0 Å². The summed E-state index contributed by atoms with van der Waals surface area (Å²) in [7, 11) is -0.939. The Labute approximate surface area is 104 Å². The summed E-state index contributed by atoms with van der Waals surface area (Å²) in [5.41, 5.74) is 0. The lowest BCUT2D eigenvalue weighted by atomic mass is 10.4. The van der Waals surface area contributed by atoms with Gasteiger partial charge < -0.3 is 0 Å². The van der Waals surface area contributed by atoms with Crippen LogP contribution in [0, 0.1) is 0 Å². The SMILES string of the molecule is C=CCC[Si]1(CCCBr)CCC=CCC1. The summed E-state index contributed by atoms with van der Waals surface area (Å²) >= 11 is 3.57. The lowest BCUT2D eigenvalue weighted by Gasteiger charge is -2.30. The van der Waals surface area contributed by atoms with Gasteiger partial charge in [0.05, 0.1) is 8.07 Å². The molecule has 0 saturated heterocycles. The zero-order valence-electron chi connectivity index (χ0n) is 9.68. The highest BCUT2D eigenvalue weighted by atomic mass is 79.9. The predicted octanol–water partition coefficient (Wildman–Crippen LogP) is 5.15. The molecule has 2 heteroatoms. The number of halogens is 1. The van der Waals surface area contributed by atoms with Crippen molar-refractivity contribution in [3.05, 3.63) is 24.8 Å². The quantitative estimate of drug-likeness (QED) is 0.360. The highest BCUT2D eigenvalue weighted by molar-refractivity contribution is 9.09. The van der Waals surface area contributed by atoms with Crippen molar-refractivity contribution in [2.45, 2.75) is 49.9 Å². The van der Waals surface area contributed by atoms with Gasteiger partial charge in [-0.1, -0.05) is 58.3 Å². The molecular weight excluding hydrogens is 264 g/mol. The van der Waals surface area contributed by atoms with Crippen molar-refractivity contribution in [3.63, 3.8) is 0 Å². The molecule has 0 aromatic heterocycles. The Morgan fingerprint density at radius 2 is 1.87 bits per heavy atom. The van der Waals surface area contributed by atoms with Crippen LogP contribution >= 0.6 is 15.9 Å². The molecule has 0 fully saturated rings. The second-order valence-corrected chi connectivity index (χ2v) is 10.5. The molecular formula is C13H23BrSi. The third-order valence-electron chi connectivity index (χ3n) is 3.57. The lowest BCUT2D eigenvalue weighted by Crippen LogP contribution is -2.33. The number of allylic oxidation sites excluding steroid dienone is 3. The van der Waals surface area contributed by atoms with Crippen molar-refractivity contribution >= 4 is 24.0 Å². The van der Waals surface area contributed by atoms with E-state index in [4.69, 9.17) is 0 Å². The third-order valence-corrected chi connectivity index (χ3v) is 9.59. The molecule has 0 N–H and O–H groups in total. The van der Waals surface area contributed by atoms with Crippen molar-refractivity contribution in [2.75, 3.05) is 5.33 Å². The molecule has 0 spiro atoms. The van der Waals surface area contributed by atoms with Gasteiger partial charge in [-0.15, -0.1) is 6.58 Å². The Hall–Kier alpha value is 0.177. The van der Waals surface area contributed by atoms with Crippen molar-refractivity contribution in [3.8, 4) is 0 Å². The monoisotopic (exact) mass is 286 g/mol. The van der Waals surface area contributed by atoms with E-state index >= 15 is 0 Å². The van der Waals surface area contributed by atoms with E-state index in [0.717, 1.165) is 0 Å². The summed E-state index contributed by atoms with van der Waals surface area (Å²) in [6.07, 6.45) is 12.2. The zero-order valence-corrected chi connectivity index (χ0v) is 12.3. The molecule has 0 amide bonds. The first kappa shape index (κ1) is 13.2. The summed E-state index contributed by atoms with van der Waals surface area (Å²) in [5.74, 6) is 0. The van der Waals surface area contributed by atoms with Crippen LogP contribution in [0.15, 0.2) is 24.8 Å². The maximum Gasteiger partial charge on any atom is 0.0545 e.